The standard InChI is InChI=1S/C27H27O6P/c1-4-31-25(28)19-7-13-22(14-8-19)34(23-15-9-20(10-16-23)26(29)32-5-2)24-17-11-21(12-18-24)27(30)33-6-3/h7-18H,4-6H2,1-3H3. The molecular formula is C27H27O6P. The van der Waals surface area contributed by atoms with Crippen molar-refractivity contribution in [2.45, 2.75) is 20.8 Å². The Kier molecular flexibility index (Phi) is 8.94. The summed E-state index contributed by atoms with van der Waals surface area (Å²) >= 11 is 0. The molecule has 0 saturated carbocycles. The van der Waals surface area contributed by atoms with Gasteiger partial charge in [0, 0.05) is 0 Å². The summed E-state index contributed by atoms with van der Waals surface area (Å²) in [5.74, 6) is -1.09. The van der Waals surface area contributed by atoms with E-state index in [1.165, 1.54) is 0 Å². The van der Waals surface area contributed by atoms with Gasteiger partial charge in [0.05, 0.1) is 36.5 Å². The minimum Gasteiger partial charge on any atom is -0.462 e. The second kappa shape index (κ2) is 12.1. The topological polar surface area (TPSA) is 78.9 Å². The van der Waals surface area contributed by atoms with Crippen LogP contribution in [0.1, 0.15) is 51.8 Å². The van der Waals surface area contributed by atoms with Crippen molar-refractivity contribution >= 4 is 41.7 Å². The van der Waals surface area contributed by atoms with Crippen molar-refractivity contribution in [3.8, 4) is 0 Å². The summed E-state index contributed by atoms with van der Waals surface area (Å²) < 4.78 is 15.3. The fourth-order valence-corrected chi connectivity index (χ4v) is 5.57. The van der Waals surface area contributed by atoms with Crippen molar-refractivity contribution in [1.29, 1.82) is 0 Å². The maximum absolute atomic E-state index is 12.1. The summed E-state index contributed by atoms with van der Waals surface area (Å²) in [6, 6.07) is 22.0. The molecule has 3 aromatic carbocycles. The van der Waals surface area contributed by atoms with Crippen LogP contribution in [-0.2, 0) is 14.2 Å². The highest BCUT2D eigenvalue weighted by atomic mass is 31.1. The van der Waals surface area contributed by atoms with E-state index in [4.69, 9.17) is 14.2 Å². The van der Waals surface area contributed by atoms with Crippen molar-refractivity contribution < 1.29 is 28.6 Å². The first-order chi connectivity index (χ1) is 16.5. The van der Waals surface area contributed by atoms with Crippen molar-refractivity contribution in [1.82, 2.24) is 0 Å². The lowest BCUT2D eigenvalue weighted by Gasteiger charge is -2.20. The first-order valence-electron chi connectivity index (χ1n) is 11.1. The Morgan fingerprint density at radius 2 is 0.735 bits per heavy atom. The normalized spacial score (nSPS) is 10.6. The molecule has 0 unspecified atom stereocenters. The summed E-state index contributed by atoms with van der Waals surface area (Å²) in [6.45, 7) is 6.25. The molecule has 0 bridgehead atoms. The lowest BCUT2D eigenvalue weighted by Crippen LogP contribution is -2.22. The van der Waals surface area contributed by atoms with Crippen molar-refractivity contribution in [3.63, 3.8) is 0 Å². The first-order valence-corrected chi connectivity index (χ1v) is 12.4. The van der Waals surface area contributed by atoms with Crippen molar-refractivity contribution in [2.75, 3.05) is 19.8 Å². The van der Waals surface area contributed by atoms with Gasteiger partial charge in [-0.15, -0.1) is 0 Å². The van der Waals surface area contributed by atoms with Gasteiger partial charge in [0.1, 0.15) is 0 Å². The zero-order valence-corrected chi connectivity index (χ0v) is 20.3. The molecule has 0 spiro atoms. The van der Waals surface area contributed by atoms with E-state index < -0.39 is 7.92 Å². The van der Waals surface area contributed by atoms with Crippen LogP contribution in [0.3, 0.4) is 0 Å². The van der Waals surface area contributed by atoms with Gasteiger partial charge in [-0.3, -0.25) is 0 Å². The van der Waals surface area contributed by atoms with Crippen LogP contribution in [0, 0.1) is 0 Å². The van der Waals surface area contributed by atoms with Crippen LogP contribution in [0.15, 0.2) is 72.8 Å². The van der Waals surface area contributed by atoms with Crippen molar-refractivity contribution in [3.05, 3.63) is 89.5 Å². The van der Waals surface area contributed by atoms with Crippen molar-refractivity contribution in [2.24, 2.45) is 0 Å². The van der Waals surface area contributed by atoms with Gasteiger partial charge in [-0.25, -0.2) is 14.4 Å². The Morgan fingerprint density at radius 1 is 0.500 bits per heavy atom. The van der Waals surface area contributed by atoms with E-state index in [-0.39, 0.29) is 17.9 Å². The smallest absolute Gasteiger partial charge is 0.338 e. The fraction of sp³-hybridized carbons (Fsp3) is 0.222. The summed E-state index contributed by atoms with van der Waals surface area (Å²) in [7, 11) is -1.02. The third-order valence-electron chi connectivity index (χ3n) is 4.91. The minimum atomic E-state index is -1.02. The van der Waals surface area contributed by atoms with Gasteiger partial charge in [-0.05, 0) is 81.0 Å². The molecule has 0 aliphatic heterocycles. The third kappa shape index (κ3) is 6.09. The van der Waals surface area contributed by atoms with E-state index in [2.05, 4.69) is 0 Å². The highest BCUT2D eigenvalue weighted by Gasteiger charge is 2.19. The Morgan fingerprint density at radius 3 is 0.941 bits per heavy atom. The zero-order valence-electron chi connectivity index (χ0n) is 19.4. The van der Waals surface area contributed by atoms with Gasteiger partial charge in [-0.1, -0.05) is 36.4 Å². The summed E-state index contributed by atoms with van der Waals surface area (Å²) in [6.07, 6.45) is 0. The molecular weight excluding hydrogens is 451 g/mol. The van der Waals surface area contributed by atoms with Gasteiger partial charge >= 0.3 is 17.9 Å². The van der Waals surface area contributed by atoms with Gasteiger partial charge in [0.25, 0.3) is 0 Å². The fourth-order valence-electron chi connectivity index (χ4n) is 3.33. The Bertz CT molecular complexity index is 975. The quantitative estimate of drug-likeness (QED) is 0.263. The van der Waals surface area contributed by atoms with E-state index in [1.807, 2.05) is 36.4 Å². The minimum absolute atomic E-state index is 0.312. The lowest BCUT2D eigenvalue weighted by molar-refractivity contribution is 0.0517. The maximum atomic E-state index is 12.1. The largest absolute Gasteiger partial charge is 0.462 e. The van der Waals surface area contributed by atoms with Crippen LogP contribution in [0.25, 0.3) is 0 Å². The third-order valence-corrected chi connectivity index (χ3v) is 7.35. The summed E-state index contributed by atoms with van der Waals surface area (Å²) in [5.41, 5.74) is 1.45. The second-order valence-corrected chi connectivity index (χ2v) is 9.36. The predicted molar refractivity (Wildman–Crippen MR) is 133 cm³/mol. The zero-order chi connectivity index (χ0) is 24.5. The molecule has 0 atom stereocenters. The Hall–Kier alpha value is -3.50. The lowest BCUT2D eigenvalue weighted by atomic mass is 10.2. The molecule has 0 heterocycles. The predicted octanol–water partition coefficient (Wildman–Crippen LogP) is 3.97. The number of ether oxygens (including phenoxy) is 3. The van der Waals surface area contributed by atoms with Gasteiger partial charge < -0.3 is 14.2 Å². The molecule has 0 aliphatic rings. The van der Waals surface area contributed by atoms with Gasteiger partial charge in [0.2, 0.25) is 0 Å². The summed E-state index contributed by atoms with van der Waals surface area (Å²) in [5, 5.41) is 3.03. The van der Waals surface area contributed by atoms with Gasteiger partial charge in [-0.2, -0.15) is 0 Å². The maximum Gasteiger partial charge on any atom is 0.338 e. The highest BCUT2D eigenvalue weighted by molar-refractivity contribution is 7.79. The molecule has 7 heteroatoms. The molecule has 0 amide bonds. The van der Waals surface area contributed by atoms with Gasteiger partial charge in [0.15, 0.2) is 0 Å². The number of esters is 3. The Labute approximate surface area is 200 Å². The number of carbonyl (C=O) groups excluding carboxylic acids is 3. The monoisotopic (exact) mass is 478 g/mol. The van der Waals surface area contributed by atoms with E-state index in [0.29, 0.717) is 36.5 Å². The van der Waals surface area contributed by atoms with Crippen LogP contribution in [0.4, 0.5) is 0 Å². The van der Waals surface area contributed by atoms with Crippen LogP contribution < -0.4 is 15.9 Å². The SMILES string of the molecule is CCOC(=O)c1ccc(P(c2ccc(C(=O)OCC)cc2)c2ccc(C(=O)OCC)cc2)cc1. The molecule has 0 aromatic heterocycles. The van der Waals surface area contributed by atoms with E-state index in [1.54, 1.807) is 57.2 Å². The van der Waals surface area contributed by atoms with E-state index >= 15 is 0 Å². The molecule has 3 rings (SSSR count). The second-order valence-electron chi connectivity index (χ2n) is 7.14. The van der Waals surface area contributed by atoms with Crippen LogP contribution in [-0.4, -0.2) is 37.7 Å². The molecule has 0 N–H and O–H groups in total. The molecule has 3 aromatic rings. The number of rotatable bonds is 9. The first kappa shape index (κ1) is 25.1. The number of hydrogen-bond acceptors (Lipinski definition) is 6. The summed E-state index contributed by atoms with van der Waals surface area (Å²) in [4.78, 5) is 36.2. The van der Waals surface area contributed by atoms with Crippen LogP contribution >= 0.6 is 7.92 Å². The average Bonchev–Trinajstić information content (AvgIpc) is 2.86. The van der Waals surface area contributed by atoms with Crippen LogP contribution in [0.2, 0.25) is 0 Å². The molecule has 0 aliphatic carbocycles. The van der Waals surface area contributed by atoms with E-state index in [0.717, 1.165) is 15.9 Å². The molecule has 0 saturated heterocycles. The Balaban J connectivity index is 1.99. The number of hydrogen-bond donors (Lipinski definition) is 0. The number of carbonyl (C=O) groups is 3. The molecule has 0 radical (unpaired) electrons. The molecule has 34 heavy (non-hydrogen) atoms. The molecule has 0 fully saturated rings. The highest BCUT2D eigenvalue weighted by Crippen LogP contribution is 2.33. The average molecular weight is 478 g/mol. The van der Waals surface area contributed by atoms with Crippen LogP contribution in [0.5, 0.6) is 0 Å². The molecule has 176 valence electrons. The molecule has 6 nitrogen and oxygen atoms in total. The van der Waals surface area contributed by atoms with E-state index in [9.17, 15) is 14.4 Å². The number of benzene rings is 3.